The molecule has 0 aromatic heterocycles. The number of nitrogens with zero attached hydrogens (tertiary/aromatic N) is 2. The fourth-order valence-corrected chi connectivity index (χ4v) is 8.68. The van der Waals surface area contributed by atoms with Gasteiger partial charge in [0.15, 0.2) is 0 Å². The molecule has 7 rings (SSSR count). The summed E-state index contributed by atoms with van der Waals surface area (Å²) in [4.78, 5) is 14.8. The van der Waals surface area contributed by atoms with Crippen LogP contribution in [-0.4, -0.2) is 44.9 Å². The number of carbonyl (C=O) groups is 1. The molecule has 1 unspecified atom stereocenters. The number of fused-ring (bicyclic) bond motifs is 4. The Balaban J connectivity index is 1.22. The van der Waals surface area contributed by atoms with E-state index < -0.39 is 10.0 Å². The second-order valence-electron chi connectivity index (χ2n) is 11.6. The van der Waals surface area contributed by atoms with Crippen LogP contribution in [0.2, 0.25) is 0 Å². The molecule has 1 amide bonds. The number of benzene rings is 3. The van der Waals surface area contributed by atoms with Gasteiger partial charge in [-0.15, -0.1) is 0 Å². The summed E-state index contributed by atoms with van der Waals surface area (Å²) in [5, 5.41) is 3.80. The van der Waals surface area contributed by atoms with Gasteiger partial charge in [0, 0.05) is 42.8 Å². The SMILES string of the molecule is COc1cc2c(cc1CN[C@]13C[C@H]1CN(S(=O)(=O)c1ccc(C)cc1)[C@H]3c1ccccc1)N(C)C(=O)[C@H]1CC21. The Kier molecular flexibility index (Phi) is 5.50. The van der Waals surface area contributed by atoms with E-state index in [-0.39, 0.29) is 29.3 Å². The minimum atomic E-state index is -3.69. The highest BCUT2D eigenvalue weighted by atomic mass is 32.2. The first kappa shape index (κ1) is 24.8. The van der Waals surface area contributed by atoms with Gasteiger partial charge < -0.3 is 15.0 Å². The largest absolute Gasteiger partial charge is 0.496 e. The molecule has 3 aromatic rings. The van der Waals surface area contributed by atoms with Gasteiger partial charge in [-0.3, -0.25) is 4.79 Å². The molecule has 1 N–H and O–H groups in total. The molecule has 8 heteroatoms. The Bertz CT molecular complexity index is 1570. The Morgan fingerprint density at radius 1 is 1.05 bits per heavy atom. The number of carbonyl (C=O) groups excluding carboxylic acids is 1. The Labute approximate surface area is 229 Å². The number of amides is 1. The van der Waals surface area contributed by atoms with Crippen LogP contribution in [0.25, 0.3) is 0 Å². The van der Waals surface area contributed by atoms with E-state index in [9.17, 15) is 13.2 Å². The van der Waals surface area contributed by atoms with Crippen molar-refractivity contribution in [3.63, 3.8) is 0 Å². The summed E-state index contributed by atoms with van der Waals surface area (Å²) in [7, 11) is -0.155. The number of sulfonamides is 1. The van der Waals surface area contributed by atoms with Crippen LogP contribution in [0.15, 0.2) is 71.6 Å². The van der Waals surface area contributed by atoms with E-state index in [1.54, 1.807) is 28.4 Å². The minimum absolute atomic E-state index is 0.105. The van der Waals surface area contributed by atoms with Gasteiger partial charge in [-0.05, 0) is 67.0 Å². The maximum atomic E-state index is 13.9. The van der Waals surface area contributed by atoms with Crippen LogP contribution in [0.1, 0.15) is 47.1 Å². The zero-order valence-electron chi connectivity index (χ0n) is 22.4. The highest BCUT2D eigenvalue weighted by molar-refractivity contribution is 7.89. The summed E-state index contributed by atoms with van der Waals surface area (Å²) >= 11 is 0. The predicted molar refractivity (Wildman–Crippen MR) is 149 cm³/mol. The van der Waals surface area contributed by atoms with Gasteiger partial charge in [0.1, 0.15) is 5.75 Å². The third-order valence-corrected chi connectivity index (χ3v) is 11.2. The molecule has 3 fully saturated rings. The van der Waals surface area contributed by atoms with Crippen molar-refractivity contribution in [3.8, 4) is 5.75 Å². The molecule has 2 aliphatic heterocycles. The molecule has 5 atom stereocenters. The molecular weight excluding hydrogens is 510 g/mol. The lowest BCUT2D eigenvalue weighted by Crippen LogP contribution is -2.43. The average Bonchev–Trinajstić information content (AvgIpc) is 3.86. The number of hydrogen-bond acceptors (Lipinski definition) is 5. The van der Waals surface area contributed by atoms with E-state index in [2.05, 4.69) is 17.4 Å². The Hall–Kier alpha value is -3.20. The molecule has 7 nitrogen and oxygen atoms in total. The zero-order valence-corrected chi connectivity index (χ0v) is 23.2. The van der Waals surface area contributed by atoms with Crippen molar-refractivity contribution in [2.45, 2.75) is 48.7 Å². The number of aryl methyl sites for hydroxylation is 1. The predicted octanol–water partition coefficient (Wildman–Crippen LogP) is 4.38. The smallest absolute Gasteiger partial charge is 0.243 e. The molecular formula is C31H33N3O4S. The van der Waals surface area contributed by atoms with Crippen molar-refractivity contribution >= 4 is 21.6 Å². The first-order valence-electron chi connectivity index (χ1n) is 13.6. The van der Waals surface area contributed by atoms with Crippen LogP contribution in [0, 0.1) is 18.8 Å². The maximum absolute atomic E-state index is 13.9. The molecule has 2 heterocycles. The van der Waals surface area contributed by atoms with Gasteiger partial charge in [0.25, 0.3) is 0 Å². The highest BCUT2D eigenvalue weighted by Crippen LogP contribution is 2.62. The molecule has 0 spiro atoms. The van der Waals surface area contributed by atoms with Crippen LogP contribution < -0.4 is 15.0 Å². The van der Waals surface area contributed by atoms with Crippen LogP contribution >= 0.6 is 0 Å². The number of methoxy groups -OCH3 is 1. The van der Waals surface area contributed by atoms with Gasteiger partial charge in [0.2, 0.25) is 15.9 Å². The quantitative estimate of drug-likeness (QED) is 0.479. The van der Waals surface area contributed by atoms with Gasteiger partial charge in [-0.25, -0.2) is 8.42 Å². The lowest BCUT2D eigenvalue weighted by molar-refractivity contribution is -0.119. The van der Waals surface area contributed by atoms with Crippen LogP contribution in [0.3, 0.4) is 0 Å². The summed E-state index contributed by atoms with van der Waals surface area (Å²) in [5.74, 6) is 1.61. The van der Waals surface area contributed by atoms with Gasteiger partial charge >= 0.3 is 0 Å². The standard InChI is InChI=1S/C31H33N3O4S/c1-19-9-11-23(12-10-19)39(36,37)34-18-22-16-31(22,29(34)20-7-5-4-6-8-20)32-17-21-13-27-25(15-28(21)38-3)24-14-26(24)30(35)33(27)2/h4-13,15,22,24,26,29,32H,14,16-18H2,1-3H3/t22-,24?,26-,29-,31+/m0/s1. The monoisotopic (exact) mass is 543 g/mol. The lowest BCUT2D eigenvalue weighted by atomic mass is 9.96. The van der Waals surface area contributed by atoms with Crippen LogP contribution in [0.5, 0.6) is 5.75 Å². The number of ether oxygens (including phenoxy) is 1. The number of nitrogens with one attached hydrogen (secondary N) is 1. The number of piperidine rings is 1. The van der Waals surface area contributed by atoms with E-state index >= 15 is 0 Å². The fraction of sp³-hybridized carbons (Fsp3) is 0.387. The van der Waals surface area contributed by atoms with Crippen molar-refractivity contribution in [2.24, 2.45) is 11.8 Å². The molecule has 2 aliphatic carbocycles. The highest BCUT2D eigenvalue weighted by Gasteiger charge is 2.68. The summed E-state index contributed by atoms with van der Waals surface area (Å²) in [6, 6.07) is 20.9. The fourth-order valence-electron chi connectivity index (χ4n) is 6.97. The van der Waals surface area contributed by atoms with E-state index in [4.69, 9.17) is 4.74 Å². The van der Waals surface area contributed by atoms with E-state index in [1.807, 2.05) is 56.4 Å². The van der Waals surface area contributed by atoms with Crippen molar-refractivity contribution in [1.82, 2.24) is 9.62 Å². The number of rotatable bonds is 7. The molecule has 202 valence electrons. The van der Waals surface area contributed by atoms with Crippen molar-refractivity contribution < 1.29 is 17.9 Å². The first-order valence-corrected chi connectivity index (χ1v) is 15.1. The topological polar surface area (TPSA) is 79.0 Å². The lowest BCUT2D eigenvalue weighted by Gasteiger charge is -2.33. The van der Waals surface area contributed by atoms with Crippen LogP contribution in [0.4, 0.5) is 5.69 Å². The van der Waals surface area contributed by atoms with Gasteiger partial charge in [-0.2, -0.15) is 4.31 Å². The number of anilines is 1. The van der Waals surface area contributed by atoms with Crippen molar-refractivity contribution in [2.75, 3.05) is 25.6 Å². The Morgan fingerprint density at radius 2 is 1.79 bits per heavy atom. The average molecular weight is 544 g/mol. The van der Waals surface area contributed by atoms with E-state index in [0.717, 1.165) is 41.0 Å². The van der Waals surface area contributed by atoms with Gasteiger partial charge in [-0.1, -0.05) is 48.0 Å². The third kappa shape index (κ3) is 3.76. The van der Waals surface area contributed by atoms with Crippen molar-refractivity contribution in [3.05, 3.63) is 89.0 Å². The molecule has 0 bridgehead atoms. The van der Waals surface area contributed by atoms with Crippen LogP contribution in [-0.2, 0) is 21.4 Å². The van der Waals surface area contributed by atoms with E-state index in [1.165, 1.54) is 5.56 Å². The second-order valence-corrected chi connectivity index (χ2v) is 13.5. The van der Waals surface area contributed by atoms with Gasteiger partial charge in [0.05, 0.1) is 18.0 Å². The molecule has 39 heavy (non-hydrogen) atoms. The Morgan fingerprint density at radius 3 is 2.51 bits per heavy atom. The molecule has 0 radical (unpaired) electrons. The normalized spacial score (nSPS) is 29.0. The molecule has 3 aromatic carbocycles. The summed E-state index contributed by atoms with van der Waals surface area (Å²) in [6.45, 7) is 2.95. The first-order chi connectivity index (χ1) is 18.7. The molecule has 2 saturated carbocycles. The van der Waals surface area contributed by atoms with Crippen molar-refractivity contribution in [1.29, 1.82) is 0 Å². The molecule has 1 saturated heterocycles. The summed E-state index contributed by atoms with van der Waals surface area (Å²) < 4.78 is 35.3. The summed E-state index contributed by atoms with van der Waals surface area (Å²) in [5.41, 5.74) is 4.76. The second kappa shape index (κ2) is 8.65. The third-order valence-electron chi connectivity index (χ3n) is 9.31. The minimum Gasteiger partial charge on any atom is -0.496 e. The summed E-state index contributed by atoms with van der Waals surface area (Å²) in [6.07, 6.45) is 1.81. The number of hydrogen-bond donors (Lipinski definition) is 1. The zero-order chi connectivity index (χ0) is 27.1. The van der Waals surface area contributed by atoms with E-state index in [0.29, 0.717) is 23.9 Å². The molecule has 4 aliphatic rings. The maximum Gasteiger partial charge on any atom is 0.243 e.